The molecule has 2 atom stereocenters. The van der Waals surface area contributed by atoms with Crippen LogP contribution >= 0.6 is 0 Å². The van der Waals surface area contributed by atoms with Crippen molar-refractivity contribution in [2.75, 3.05) is 7.11 Å². The Balaban J connectivity index is 1.71. The summed E-state index contributed by atoms with van der Waals surface area (Å²) in [5, 5.41) is 0. The van der Waals surface area contributed by atoms with Gasteiger partial charge in [0.2, 0.25) is 0 Å². The molecule has 6 heteroatoms. The van der Waals surface area contributed by atoms with E-state index < -0.39 is 24.1 Å². The first-order valence-corrected chi connectivity index (χ1v) is 8.06. The van der Waals surface area contributed by atoms with Gasteiger partial charge in [-0.2, -0.15) is 0 Å². The highest BCUT2D eigenvalue weighted by Crippen LogP contribution is 2.23. The van der Waals surface area contributed by atoms with Gasteiger partial charge in [-0.15, -0.1) is 0 Å². The van der Waals surface area contributed by atoms with Crippen LogP contribution in [0.25, 0.3) is 0 Å². The Kier molecular flexibility index (Phi) is 5.34. The number of Topliss-reactive ketones (excluding diaryl/α,β-unsaturated/α-hetero) is 1. The van der Waals surface area contributed by atoms with E-state index in [1.54, 1.807) is 68.6 Å². The molecule has 0 fully saturated rings. The van der Waals surface area contributed by atoms with Crippen LogP contribution in [0.15, 0.2) is 66.4 Å². The standard InChI is InChI=1S/C20H18O6/c1-13-12-17(26-19(22)14-6-4-3-5-7-14)18(21)20(24-13)25-16-10-8-15(23-2)9-11-16/h3-13,20H,1-2H3. The molecular formula is C20H18O6. The van der Waals surface area contributed by atoms with Gasteiger partial charge < -0.3 is 18.9 Å². The summed E-state index contributed by atoms with van der Waals surface area (Å²) < 4.78 is 21.4. The maximum absolute atomic E-state index is 12.5. The molecule has 1 aliphatic heterocycles. The Morgan fingerprint density at radius 3 is 2.31 bits per heavy atom. The molecule has 0 amide bonds. The molecule has 0 spiro atoms. The highest BCUT2D eigenvalue weighted by Gasteiger charge is 2.34. The lowest BCUT2D eigenvalue weighted by Crippen LogP contribution is -2.39. The maximum atomic E-state index is 12.5. The van der Waals surface area contributed by atoms with E-state index in [2.05, 4.69) is 0 Å². The van der Waals surface area contributed by atoms with Crippen LogP contribution in [-0.4, -0.2) is 31.3 Å². The predicted molar refractivity (Wildman–Crippen MR) is 92.9 cm³/mol. The minimum absolute atomic E-state index is 0.0869. The number of esters is 1. The molecule has 0 aliphatic carbocycles. The third-order valence-corrected chi connectivity index (χ3v) is 3.70. The molecular weight excluding hydrogens is 336 g/mol. The zero-order valence-electron chi connectivity index (χ0n) is 14.4. The molecule has 2 aromatic rings. The Bertz CT molecular complexity index is 810. The van der Waals surface area contributed by atoms with E-state index in [0.29, 0.717) is 17.1 Å². The molecule has 0 aromatic heterocycles. The summed E-state index contributed by atoms with van der Waals surface area (Å²) in [5.41, 5.74) is 0.355. The second-order valence-corrected chi connectivity index (χ2v) is 5.62. The molecule has 3 rings (SSSR count). The highest BCUT2D eigenvalue weighted by atomic mass is 16.7. The first-order valence-electron chi connectivity index (χ1n) is 8.06. The van der Waals surface area contributed by atoms with Gasteiger partial charge in [-0.1, -0.05) is 18.2 Å². The van der Waals surface area contributed by atoms with Crippen molar-refractivity contribution in [3.05, 3.63) is 72.0 Å². The quantitative estimate of drug-likeness (QED) is 0.768. The third kappa shape index (κ3) is 4.10. The van der Waals surface area contributed by atoms with Gasteiger partial charge in [0, 0.05) is 0 Å². The van der Waals surface area contributed by atoms with Gasteiger partial charge in [0.1, 0.15) is 11.5 Å². The smallest absolute Gasteiger partial charge is 0.343 e. The monoisotopic (exact) mass is 354 g/mol. The van der Waals surface area contributed by atoms with Crippen LogP contribution in [0.1, 0.15) is 17.3 Å². The summed E-state index contributed by atoms with van der Waals surface area (Å²) in [7, 11) is 1.56. The van der Waals surface area contributed by atoms with Crippen molar-refractivity contribution in [3.63, 3.8) is 0 Å². The first-order chi connectivity index (χ1) is 12.6. The number of methoxy groups -OCH3 is 1. The number of hydrogen-bond donors (Lipinski definition) is 0. The molecule has 0 radical (unpaired) electrons. The second kappa shape index (κ2) is 7.84. The third-order valence-electron chi connectivity index (χ3n) is 3.70. The van der Waals surface area contributed by atoms with Gasteiger partial charge in [0.15, 0.2) is 5.76 Å². The summed E-state index contributed by atoms with van der Waals surface area (Å²) in [6.45, 7) is 1.73. The Hall–Kier alpha value is -3.12. The molecule has 1 aliphatic rings. The SMILES string of the molecule is COc1ccc(OC2OC(C)C=C(OC(=O)c3ccccc3)C2=O)cc1. The van der Waals surface area contributed by atoms with E-state index in [9.17, 15) is 9.59 Å². The highest BCUT2D eigenvalue weighted by molar-refractivity contribution is 6.01. The van der Waals surface area contributed by atoms with Crippen molar-refractivity contribution < 1.29 is 28.5 Å². The molecule has 0 saturated carbocycles. The van der Waals surface area contributed by atoms with Gasteiger partial charge in [-0.25, -0.2) is 4.79 Å². The van der Waals surface area contributed by atoms with E-state index in [0.717, 1.165) is 0 Å². The number of carbonyl (C=O) groups excluding carboxylic acids is 2. The Morgan fingerprint density at radius 1 is 1.00 bits per heavy atom. The second-order valence-electron chi connectivity index (χ2n) is 5.62. The summed E-state index contributed by atoms with van der Waals surface area (Å²) >= 11 is 0. The van der Waals surface area contributed by atoms with Crippen LogP contribution in [0.5, 0.6) is 11.5 Å². The van der Waals surface area contributed by atoms with Gasteiger partial charge >= 0.3 is 5.97 Å². The first kappa shape index (κ1) is 17.7. The molecule has 2 unspecified atom stereocenters. The van der Waals surface area contributed by atoms with Crippen LogP contribution < -0.4 is 9.47 Å². The zero-order valence-corrected chi connectivity index (χ0v) is 14.4. The number of rotatable bonds is 5. The molecule has 0 N–H and O–H groups in total. The van der Waals surface area contributed by atoms with Crippen molar-refractivity contribution in [1.82, 2.24) is 0 Å². The average Bonchev–Trinajstić information content (AvgIpc) is 2.66. The van der Waals surface area contributed by atoms with Gasteiger partial charge in [-0.05, 0) is 49.4 Å². The normalized spacial score (nSPS) is 19.5. The largest absolute Gasteiger partial charge is 0.497 e. The topological polar surface area (TPSA) is 71.1 Å². The predicted octanol–water partition coefficient (Wildman–Crippen LogP) is 3.13. The van der Waals surface area contributed by atoms with Crippen LogP contribution in [0.4, 0.5) is 0 Å². The van der Waals surface area contributed by atoms with E-state index in [1.165, 1.54) is 6.08 Å². The van der Waals surface area contributed by atoms with Crippen molar-refractivity contribution in [3.8, 4) is 11.5 Å². The van der Waals surface area contributed by atoms with E-state index >= 15 is 0 Å². The van der Waals surface area contributed by atoms with Crippen molar-refractivity contribution in [2.45, 2.75) is 19.3 Å². The van der Waals surface area contributed by atoms with E-state index in [4.69, 9.17) is 18.9 Å². The minimum atomic E-state index is -1.19. The number of hydrogen-bond acceptors (Lipinski definition) is 6. The van der Waals surface area contributed by atoms with Gasteiger partial charge in [0.25, 0.3) is 12.1 Å². The summed E-state index contributed by atoms with van der Waals surface area (Å²) in [6, 6.07) is 15.2. The Labute approximate surface area is 150 Å². The fourth-order valence-electron chi connectivity index (χ4n) is 2.38. The number of ketones is 1. The van der Waals surface area contributed by atoms with Crippen LogP contribution in [0, 0.1) is 0 Å². The number of carbonyl (C=O) groups is 2. The maximum Gasteiger partial charge on any atom is 0.343 e. The summed E-state index contributed by atoms with van der Waals surface area (Å²) in [5.74, 6) is -0.146. The van der Waals surface area contributed by atoms with Crippen LogP contribution in [-0.2, 0) is 14.3 Å². The van der Waals surface area contributed by atoms with E-state index in [-0.39, 0.29) is 5.76 Å². The fourth-order valence-corrected chi connectivity index (χ4v) is 2.38. The summed E-state index contributed by atoms with van der Waals surface area (Å²) in [6.07, 6.45) is -0.187. The van der Waals surface area contributed by atoms with Crippen LogP contribution in [0.3, 0.4) is 0 Å². The lowest BCUT2D eigenvalue weighted by Gasteiger charge is -2.26. The minimum Gasteiger partial charge on any atom is -0.497 e. The van der Waals surface area contributed by atoms with E-state index in [1.807, 2.05) is 0 Å². The zero-order chi connectivity index (χ0) is 18.5. The van der Waals surface area contributed by atoms with Gasteiger partial charge in [-0.3, -0.25) is 4.79 Å². The van der Waals surface area contributed by atoms with Crippen molar-refractivity contribution >= 4 is 11.8 Å². The molecule has 1 heterocycles. The van der Waals surface area contributed by atoms with Crippen molar-refractivity contribution in [1.29, 1.82) is 0 Å². The number of benzene rings is 2. The molecule has 26 heavy (non-hydrogen) atoms. The molecule has 6 nitrogen and oxygen atoms in total. The summed E-state index contributed by atoms with van der Waals surface area (Å²) in [4.78, 5) is 24.7. The van der Waals surface area contributed by atoms with Gasteiger partial charge in [0.05, 0.1) is 18.8 Å². The molecule has 0 bridgehead atoms. The average molecular weight is 354 g/mol. The number of ether oxygens (including phenoxy) is 4. The fraction of sp³-hybridized carbons (Fsp3) is 0.200. The molecule has 0 saturated heterocycles. The Morgan fingerprint density at radius 2 is 1.65 bits per heavy atom. The van der Waals surface area contributed by atoms with Crippen LogP contribution in [0.2, 0.25) is 0 Å². The molecule has 134 valence electrons. The molecule has 2 aromatic carbocycles. The van der Waals surface area contributed by atoms with Crippen molar-refractivity contribution in [2.24, 2.45) is 0 Å². The lowest BCUT2D eigenvalue weighted by atomic mass is 10.2. The lowest BCUT2D eigenvalue weighted by molar-refractivity contribution is -0.158.